The Morgan fingerprint density at radius 2 is 1.71 bits per heavy atom. The lowest BCUT2D eigenvalue weighted by Crippen LogP contribution is -2.07. The zero-order chi connectivity index (χ0) is 21.2. The predicted molar refractivity (Wildman–Crippen MR) is 125 cm³/mol. The minimum Gasteiger partial charge on any atom is -0.497 e. The Morgan fingerprint density at radius 1 is 0.871 bits per heavy atom. The molecule has 2 aromatic carbocycles. The van der Waals surface area contributed by atoms with Gasteiger partial charge in [-0.2, -0.15) is 0 Å². The van der Waals surface area contributed by atoms with Gasteiger partial charge in [-0.1, -0.05) is 36.9 Å². The molecule has 0 aliphatic carbocycles. The number of rotatable bonds is 6. The summed E-state index contributed by atoms with van der Waals surface area (Å²) in [5.41, 5.74) is 4.99. The summed E-state index contributed by atoms with van der Waals surface area (Å²) < 4.78 is 11.5. The third-order valence-electron chi connectivity index (χ3n) is 5.23. The minimum absolute atomic E-state index is 0.494. The molecule has 5 rings (SSSR count). The zero-order valence-corrected chi connectivity index (χ0v) is 17.2. The first kappa shape index (κ1) is 18.9. The summed E-state index contributed by atoms with van der Waals surface area (Å²) in [5.74, 6) is 1.62. The van der Waals surface area contributed by atoms with Crippen LogP contribution < -0.4 is 20.2 Å². The van der Waals surface area contributed by atoms with E-state index in [0.29, 0.717) is 6.61 Å². The maximum atomic E-state index is 6.19. The van der Waals surface area contributed by atoms with Gasteiger partial charge in [0.05, 0.1) is 24.2 Å². The summed E-state index contributed by atoms with van der Waals surface area (Å²) in [6.45, 7) is 4.43. The van der Waals surface area contributed by atoms with Crippen LogP contribution >= 0.6 is 0 Å². The molecule has 0 bridgehead atoms. The van der Waals surface area contributed by atoms with Crippen LogP contribution in [0.4, 0.5) is 0 Å². The quantitative estimate of drug-likeness (QED) is 0.391. The van der Waals surface area contributed by atoms with Gasteiger partial charge in [0.2, 0.25) is 0 Å². The van der Waals surface area contributed by atoms with Crippen molar-refractivity contribution < 1.29 is 9.47 Å². The second-order valence-corrected chi connectivity index (χ2v) is 7.45. The minimum atomic E-state index is 0.494. The molecular weight excluding hydrogens is 386 g/mol. The molecule has 0 fully saturated rings. The topological polar surface area (TPSA) is 65.8 Å². The number of nitrogens with one attached hydrogen (secondary N) is 3. The Labute approximate surface area is 179 Å². The zero-order valence-electron chi connectivity index (χ0n) is 17.2. The molecular formula is C26H23N3O2. The molecule has 0 unspecified atom stereocenters. The number of methoxy groups -OCH3 is 1. The number of hydrogen-bond donors (Lipinski definition) is 3. The van der Waals surface area contributed by atoms with Crippen molar-refractivity contribution >= 4 is 23.6 Å². The third-order valence-corrected chi connectivity index (χ3v) is 5.23. The molecule has 3 heterocycles. The number of H-pyrrole nitrogens is 3. The first-order chi connectivity index (χ1) is 15.2. The lowest BCUT2D eigenvalue weighted by Gasteiger charge is -2.05. The van der Waals surface area contributed by atoms with Crippen LogP contribution in [-0.4, -0.2) is 22.1 Å². The van der Waals surface area contributed by atoms with E-state index in [0.717, 1.165) is 55.7 Å². The van der Waals surface area contributed by atoms with E-state index in [1.54, 1.807) is 7.11 Å². The standard InChI is InChI=1S/C26H23N3O2/c1-17-8-9-20(27-17)14-25-26(31-16-18-6-4-3-5-7-18)15-24(29-25)23-13-19-12-21(30-2)10-11-22(19)28-23/h3-15,27-29H,1,16H2,2H3. The van der Waals surface area contributed by atoms with Crippen molar-refractivity contribution in [1.82, 2.24) is 15.0 Å². The van der Waals surface area contributed by atoms with Crippen LogP contribution in [0.25, 0.3) is 34.9 Å². The van der Waals surface area contributed by atoms with Gasteiger partial charge in [0.1, 0.15) is 18.1 Å². The van der Waals surface area contributed by atoms with Crippen LogP contribution in [-0.2, 0) is 6.61 Å². The van der Waals surface area contributed by atoms with E-state index in [2.05, 4.69) is 39.7 Å². The number of aromatic nitrogens is 3. The van der Waals surface area contributed by atoms with Crippen molar-refractivity contribution in [1.29, 1.82) is 0 Å². The summed E-state index contributed by atoms with van der Waals surface area (Å²) in [6, 6.07) is 24.2. The van der Waals surface area contributed by atoms with E-state index in [1.807, 2.05) is 60.7 Å². The summed E-state index contributed by atoms with van der Waals surface area (Å²) in [6.07, 6.45) is 2.03. The summed E-state index contributed by atoms with van der Waals surface area (Å²) in [5, 5.41) is 2.92. The van der Waals surface area contributed by atoms with Crippen LogP contribution in [0.15, 0.2) is 72.8 Å². The van der Waals surface area contributed by atoms with E-state index >= 15 is 0 Å². The largest absolute Gasteiger partial charge is 0.497 e. The molecule has 31 heavy (non-hydrogen) atoms. The predicted octanol–water partition coefficient (Wildman–Crippen LogP) is 4.32. The molecule has 3 N–H and O–H groups in total. The lowest BCUT2D eigenvalue weighted by molar-refractivity contribution is 0.306. The second-order valence-electron chi connectivity index (χ2n) is 7.45. The molecule has 0 radical (unpaired) electrons. The lowest BCUT2D eigenvalue weighted by atomic mass is 10.2. The smallest absolute Gasteiger partial charge is 0.145 e. The van der Waals surface area contributed by atoms with E-state index in [-0.39, 0.29) is 0 Å². The van der Waals surface area contributed by atoms with Crippen LogP contribution in [0.1, 0.15) is 11.3 Å². The number of fused-ring (bicyclic) bond motifs is 1. The van der Waals surface area contributed by atoms with Crippen LogP contribution in [0.3, 0.4) is 0 Å². The molecule has 0 spiro atoms. The van der Waals surface area contributed by atoms with E-state index in [4.69, 9.17) is 9.47 Å². The maximum absolute atomic E-state index is 6.19. The van der Waals surface area contributed by atoms with Crippen molar-refractivity contribution in [3.63, 3.8) is 0 Å². The molecule has 5 aromatic rings. The van der Waals surface area contributed by atoms with Crippen LogP contribution in [0.5, 0.6) is 11.5 Å². The van der Waals surface area contributed by atoms with Gasteiger partial charge in [-0.15, -0.1) is 0 Å². The van der Waals surface area contributed by atoms with Gasteiger partial charge < -0.3 is 24.4 Å². The van der Waals surface area contributed by atoms with Crippen molar-refractivity contribution in [2.45, 2.75) is 6.61 Å². The van der Waals surface area contributed by atoms with Gasteiger partial charge in [-0.05, 0) is 48.0 Å². The van der Waals surface area contributed by atoms with Crippen LogP contribution in [0.2, 0.25) is 0 Å². The Kier molecular flexibility index (Phi) is 4.84. The highest BCUT2D eigenvalue weighted by Gasteiger charge is 2.12. The highest BCUT2D eigenvalue weighted by atomic mass is 16.5. The summed E-state index contributed by atoms with van der Waals surface area (Å²) in [4.78, 5) is 10.2. The molecule has 0 aliphatic heterocycles. The average molecular weight is 409 g/mol. The Bertz CT molecular complexity index is 1440. The number of benzene rings is 2. The molecule has 0 aliphatic rings. The molecule has 0 saturated carbocycles. The number of hydrogen-bond acceptors (Lipinski definition) is 2. The van der Waals surface area contributed by atoms with Crippen molar-refractivity contribution in [2.75, 3.05) is 7.11 Å². The fourth-order valence-electron chi connectivity index (χ4n) is 3.64. The SMILES string of the molecule is C=c1ccc(=Cc2[nH]c(-c3cc4cc(OC)ccc4[nH]3)cc2OCc2ccccc2)[nH]1. The highest BCUT2D eigenvalue weighted by Crippen LogP contribution is 2.31. The fraction of sp³-hybridized carbons (Fsp3) is 0.0769. The highest BCUT2D eigenvalue weighted by molar-refractivity contribution is 5.87. The van der Waals surface area contributed by atoms with Gasteiger partial charge in [-0.25, -0.2) is 0 Å². The first-order valence-corrected chi connectivity index (χ1v) is 10.1. The summed E-state index contributed by atoms with van der Waals surface area (Å²) in [7, 11) is 1.68. The maximum Gasteiger partial charge on any atom is 0.145 e. The van der Waals surface area contributed by atoms with Gasteiger partial charge in [0, 0.05) is 27.7 Å². The molecule has 5 nitrogen and oxygen atoms in total. The normalized spacial score (nSPS) is 11.8. The van der Waals surface area contributed by atoms with Crippen LogP contribution in [0, 0.1) is 0 Å². The number of aromatic amines is 3. The second kappa shape index (κ2) is 7.95. The molecule has 5 heteroatoms. The molecule has 0 amide bonds. The summed E-state index contributed by atoms with van der Waals surface area (Å²) >= 11 is 0. The van der Waals surface area contributed by atoms with Gasteiger partial charge in [0.15, 0.2) is 0 Å². The first-order valence-electron chi connectivity index (χ1n) is 10.1. The molecule has 154 valence electrons. The van der Waals surface area contributed by atoms with E-state index in [9.17, 15) is 0 Å². The number of ether oxygens (including phenoxy) is 2. The Morgan fingerprint density at radius 3 is 2.48 bits per heavy atom. The Balaban J connectivity index is 1.54. The fourth-order valence-corrected chi connectivity index (χ4v) is 3.64. The third kappa shape index (κ3) is 3.98. The molecule has 0 saturated heterocycles. The van der Waals surface area contributed by atoms with E-state index in [1.165, 1.54) is 0 Å². The van der Waals surface area contributed by atoms with Gasteiger partial charge in [0.25, 0.3) is 0 Å². The van der Waals surface area contributed by atoms with Crippen molar-refractivity contribution in [3.05, 3.63) is 94.8 Å². The monoisotopic (exact) mass is 409 g/mol. The molecule has 0 atom stereocenters. The Hall–Kier alpha value is -4.12. The van der Waals surface area contributed by atoms with Crippen molar-refractivity contribution in [2.24, 2.45) is 0 Å². The van der Waals surface area contributed by atoms with Gasteiger partial charge >= 0.3 is 0 Å². The van der Waals surface area contributed by atoms with Crippen molar-refractivity contribution in [3.8, 4) is 22.9 Å². The van der Waals surface area contributed by atoms with Gasteiger partial charge in [-0.3, -0.25) is 0 Å². The molecule has 3 aromatic heterocycles. The average Bonchev–Trinajstić information content (AvgIpc) is 3.51. The van der Waals surface area contributed by atoms with E-state index < -0.39 is 0 Å².